The molecule has 0 fully saturated rings. The van der Waals surface area contributed by atoms with Gasteiger partial charge in [0.05, 0.1) is 12.6 Å². The maximum absolute atomic E-state index is 12.0. The third kappa shape index (κ3) is 1.50. The van der Waals surface area contributed by atoms with Crippen LogP contribution in [0.4, 0.5) is 0 Å². The molecular formula is C12H15NO3. The second-order valence-electron chi connectivity index (χ2n) is 3.92. The Hall–Kier alpha value is -1.39. The van der Waals surface area contributed by atoms with Crippen LogP contribution in [0.1, 0.15) is 35.5 Å². The molecule has 0 aliphatic carbocycles. The Morgan fingerprint density at radius 3 is 2.69 bits per heavy atom. The molecule has 0 radical (unpaired) electrons. The van der Waals surface area contributed by atoms with Crippen molar-refractivity contribution < 1.29 is 15.0 Å². The monoisotopic (exact) mass is 221 g/mol. The lowest BCUT2D eigenvalue weighted by Crippen LogP contribution is -2.40. The summed E-state index contributed by atoms with van der Waals surface area (Å²) in [6.45, 7) is 1.75. The van der Waals surface area contributed by atoms with Gasteiger partial charge >= 0.3 is 0 Å². The van der Waals surface area contributed by atoms with Gasteiger partial charge in [0.15, 0.2) is 6.23 Å². The average Bonchev–Trinajstić information content (AvgIpc) is 2.57. The largest absolute Gasteiger partial charge is 0.394 e. The molecule has 2 N–H and O–H groups in total. The Balaban J connectivity index is 2.38. The highest BCUT2D eigenvalue weighted by Crippen LogP contribution is 2.33. The van der Waals surface area contributed by atoms with Crippen LogP contribution in [0.3, 0.4) is 0 Å². The topological polar surface area (TPSA) is 60.8 Å². The lowest BCUT2D eigenvalue weighted by Gasteiger charge is -2.28. The van der Waals surface area contributed by atoms with E-state index in [-0.39, 0.29) is 18.6 Å². The first-order valence-corrected chi connectivity index (χ1v) is 5.41. The molecule has 2 rings (SSSR count). The van der Waals surface area contributed by atoms with Crippen LogP contribution in [0.15, 0.2) is 24.3 Å². The van der Waals surface area contributed by atoms with E-state index in [9.17, 15) is 15.0 Å². The molecule has 4 heteroatoms. The predicted octanol–water partition coefficient (Wildman–Crippen LogP) is 0.904. The van der Waals surface area contributed by atoms with E-state index in [2.05, 4.69) is 0 Å². The standard InChI is InChI=1S/C12H15NO3/c1-2-8(7-14)13-11(15)9-5-3-4-6-10(9)12(13)16/h3-6,8,11,14-15H,2,7H2,1H3/t8-,11-/m1/s1. The van der Waals surface area contributed by atoms with Crippen LogP contribution >= 0.6 is 0 Å². The number of amides is 1. The Kier molecular flexibility index (Phi) is 2.94. The molecule has 1 heterocycles. The molecule has 86 valence electrons. The number of fused-ring (bicyclic) bond motifs is 1. The van der Waals surface area contributed by atoms with E-state index in [4.69, 9.17) is 0 Å². The first-order valence-electron chi connectivity index (χ1n) is 5.41. The third-order valence-electron chi connectivity index (χ3n) is 3.04. The summed E-state index contributed by atoms with van der Waals surface area (Å²) in [6, 6.07) is 6.67. The molecule has 1 aromatic rings. The lowest BCUT2D eigenvalue weighted by atomic mass is 10.1. The van der Waals surface area contributed by atoms with Crippen LogP contribution in [-0.2, 0) is 0 Å². The second-order valence-corrected chi connectivity index (χ2v) is 3.92. The summed E-state index contributed by atoms with van der Waals surface area (Å²) in [6.07, 6.45) is -0.311. The van der Waals surface area contributed by atoms with Gasteiger partial charge in [-0.2, -0.15) is 0 Å². The van der Waals surface area contributed by atoms with Crippen molar-refractivity contribution in [3.05, 3.63) is 35.4 Å². The quantitative estimate of drug-likeness (QED) is 0.797. The molecule has 0 saturated heterocycles. The molecule has 16 heavy (non-hydrogen) atoms. The SMILES string of the molecule is CC[C@H](CO)N1C(=O)c2ccccc2[C@H]1O. The van der Waals surface area contributed by atoms with Crippen molar-refractivity contribution in [3.8, 4) is 0 Å². The molecule has 2 atom stereocenters. The summed E-state index contributed by atoms with van der Waals surface area (Å²) < 4.78 is 0. The average molecular weight is 221 g/mol. The first kappa shape index (κ1) is 11.1. The number of benzene rings is 1. The van der Waals surface area contributed by atoms with Crippen LogP contribution in [-0.4, -0.2) is 33.7 Å². The van der Waals surface area contributed by atoms with E-state index < -0.39 is 6.23 Å². The number of carbonyl (C=O) groups is 1. The van der Waals surface area contributed by atoms with Gasteiger partial charge in [-0.3, -0.25) is 4.79 Å². The Morgan fingerprint density at radius 2 is 2.12 bits per heavy atom. The summed E-state index contributed by atoms with van der Waals surface area (Å²) >= 11 is 0. The Bertz CT molecular complexity index is 401. The van der Waals surface area contributed by atoms with E-state index >= 15 is 0 Å². The highest BCUT2D eigenvalue weighted by molar-refractivity contribution is 5.99. The number of hydrogen-bond acceptors (Lipinski definition) is 3. The number of rotatable bonds is 3. The summed E-state index contributed by atoms with van der Waals surface area (Å²) in [7, 11) is 0. The van der Waals surface area contributed by atoms with Crippen LogP contribution in [0.25, 0.3) is 0 Å². The lowest BCUT2D eigenvalue weighted by molar-refractivity contribution is -0.0162. The van der Waals surface area contributed by atoms with Crippen molar-refractivity contribution in [2.45, 2.75) is 25.6 Å². The fourth-order valence-electron chi connectivity index (χ4n) is 2.10. The molecule has 0 bridgehead atoms. The fourth-order valence-corrected chi connectivity index (χ4v) is 2.10. The maximum atomic E-state index is 12.0. The molecule has 0 aromatic heterocycles. The minimum absolute atomic E-state index is 0.132. The van der Waals surface area contributed by atoms with Crippen LogP contribution in [0.5, 0.6) is 0 Å². The van der Waals surface area contributed by atoms with Crippen molar-refractivity contribution in [3.63, 3.8) is 0 Å². The highest BCUT2D eigenvalue weighted by atomic mass is 16.3. The zero-order valence-corrected chi connectivity index (χ0v) is 9.13. The Morgan fingerprint density at radius 1 is 1.44 bits per heavy atom. The summed E-state index contributed by atoms with van der Waals surface area (Å²) in [5, 5.41) is 19.2. The molecule has 0 unspecified atom stereocenters. The van der Waals surface area contributed by atoms with Gasteiger partial charge in [0, 0.05) is 11.1 Å². The fraction of sp³-hybridized carbons (Fsp3) is 0.417. The van der Waals surface area contributed by atoms with Crippen molar-refractivity contribution in [1.82, 2.24) is 4.90 Å². The number of hydrogen-bond donors (Lipinski definition) is 2. The van der Waals surface area contributed by atoms with Crippen LogP contribution < -0.4 is 0 Å². The van der Waals surface area contributed by atoms with Gasteiger partial charge in [0.1, 0.15) is 0 Å². The minimum Gasteiger partial charge on any atom is -0.394 e. The van der Waals surface area contributed by atoms with Crippen molar-refractivity contribution in [1.29, 1.82) is 0 Å². The van der Waals surface area contributed by atoms with E-state index in [1.165, 1.54) is 4.90 Å². The second kappa shape index (κ2) is 4.23. The number of aliphatic hydroxyl groups excluding tert-OH is 2. The van der Waals surface area contributed by atoms with Gasteiger partial charge in [0.25, 0.3) is 5.91 Å². The third-order valence-corrected chi connectivity index (χ3v) is 3.04. The zero-order chi connectivity index (χ0) is 11.7. The predicted molar refractivity (Wildman–Crippen MR) is 58.7 cm³/mol. The summed E-state index contributed by atoms with van der Waals surface area (Å²) in [5.41, 5.74) is 1.15. The highest BCUT2D eigenvalue weighted by Gasteiger charge is 2.38. The van der Waals surface area contributed by atoms with E-state index in [0.717, 1.165) is 0 Å². The normalized spacial score (nSPS) is 21.1. The van der Waals surface area contributed by atoms with Gasteiger partial charge in [-0.05, 0) is 12.5 Å². The minimum atomic E-state index is -0.930. The van der Waals surface area contributed by atoms with E-state index in [0.29, 0.717) is 17.5 Å². The molecule has 4 nitrogen and oxygen atoms in total. The molecule has 0 spiro atoms. The molecule has 1 amide bonds. The smallest absolute Gasteiger partial charge is 0.256 e. The molecule has 0 saturated carbocycles. The zero-order valence-electron chi connectivity index (χ0n) is 9.13. The van der Waals surface area contributed by atoms with E-state index in [1.54, 1.807) is 24.3 Å². The van der Waals surface area contributed by atoms with E-state index in [1.807, 2.05) is 6.92 Å². The van der Waals surface area contributed by atoms with Crippen LogP contribution in [0.2, 0.25) is 0 Å². The molecule has 1 aliphatic rings. The number of nitrogens with zero attached hydrogens (tertiary/aromatic N) is 1. The molecule has 1 aliphatic heterocycles. The van der Waals surface area contributed by atoms with Crippen molar-refractivity contribution >= 4 is 5.91 Å². The summed E-state index contributed by atoms with van der Waals surface area (Å²) in [4.78, 5) is 13.4. The molecular weight excluding hydrogens is 206 g/mol. The Labute approximate surface area is 94.1 Å². The van der Waals surface area contributed by atoms with Gasteiger partial charge < -0.3 is 15.1 Å². The number of carbonyl (C=O) groups excluding carboxylic acids is 1. The first-order chi connectivity index (χ1) is 7.70. The number of aliphatic hydroxyl groups is 2. The maximum Gasteiger partial charge on any atom is 0.256 e. The van der Waals surface area contributed by atoms with Gasteiger partial charge in [-0.15, -0.1) is 0 Å². The molecule has 1 aromatic carbocycles. The van der Waals surface area contributed by atoms with Gasteiger partial charge in [-0.1, -0.05) is 25.1 Å². The van der Waals surface area contributed by atoms with Crippen molar-refractivity contribution in [2.75, 3.05) is 6.61 Å². The van der Waals surface area contributed by atoms with Crippen LogP contribution in [0, 0.1) is 0 Å². The van der Waals surface area contributed by atoms with Gasteiger partial charge in [-0.25, -0.2) is 0 Å². The van der Waals surface area contributed by atoms with Crippen molar-refractivity contribution in [2.24, 2.45) is 0 Å². The van der Waals surface area contributed by atoms with Gasteiger partial charge in [0.2, 0.25) is 0 Å². The summed E-state index contributed by atoms with van der Waals surface area (Å²) in [5.74, 6) is -0.205.